The van der Waals surface area contributed by atoms with Gasteiger partial charge in [0, 0.05) is 0 Å². The highest BCUT2D eigenvalue weighted by molar-refractivity contribution is 5.30. The number of aliphatic hydroxyl groups excluding tert-OH is 1. The molecule has 0 aromatic heterocycles. The number of benzene rings is 1. The number of hydrogen-bond donors (Lipinski definition) is 2. The molecule has 0 spiro atoms. The van der Waals surface area contributed by atoms with Crippen molar-refractivity contribution < 1.29 is 9.84 Å². The van der Waals surface area contributed by atoms with Gasteiger partial charge in [-0.3, -0.25) is 0 Å². The third kappa shape index (κ3) is 1.12. The number of fused-ring (bicyclic) bond motifs is 1. The summed E-state index contributed by atoms with van der Waals surface area (Å²) in [4.78, 5) is 0. The van der Waals surface area contributed by atoms with Crippen molar-refractivity contribution in [3.05, 3.63) is 35.4 Å². The minimum absolute atomic E-state index is 0.494. The molecule has 1 aliphatic heterocycles. The number of rotatable bonds is 0. The summed E-state index contributed by atoms with van der Waals surface area (Å²) in [5, 5.41) is 9.58. The van der Waals surface area contributed by atoms with E-state index in [4.69, 9.17) is 10.5 Å². The first-order valence-electron chi connectivity index (χ1n) is 3.92. The molecule has 3 N–H and O–H groups in total. The number of nitrogens with two attached hydrogens (primary N) is 1. The van der Waals surface area contributed by atoms with E-state index in [2.05, 4.69) is 0 Å². The van der Waals surface area contributed by atoms with Gasteiger partial charge in [-0.05, 0) is 11.1 Å². The maximum Gasteiger partial charge on any atom is 0.136 e. The molecule has 0 aliphatic carbocycles. The quantitative estimate of drug-likeness (QED) is 0.589. The molecule has 0 saturated carbocycles. The van der Waals surface area contributed by atoms with Gasteiger partial charge >= 0.3 is 0 Å². The summed E-state index contributed by atoms with van der Waals surface area (Å²) in [6, 6.07) is 7.62. The van der Waals surface area contributed by atoms with Gasteiger partial charge in [-0.25, -0.2) is 0 Å². The summed E-state index contributed by atoms with van der Waals surface area (Å²) < 4.78 is 5.14. The minimum atomic E-state index is -0.685. The normalized spacial score (nSPS) is 28.2. The van der Waals surface area contributed by atoms with E-state index in [-0.39, 0.29) is 0 Å². The number of ether oxygens (including phenoxy) is 1. The van der Waals surface area contributed by atoms with Crippen molar-refractivity contribution in [1.29, 1.82) is 0 Å². The molecule has 2 rings (SSSR count). The van der Waals surface area contributed by atoms with Gasteiger partial charge in [0.1, 0.15) is 12.3 Å². The van der Waals surface area contributed by atoms with E-state index in [1.807, 2.05) is 24.3 Å². The Morgan fingerprint density at radius 2 is 2.17 bits per heavy atom. The topological polar surface area (TPSA) is 55.5 Å². The molecule has 0 saturated heterocycles. The second-order valence-electron chi connectivity index (χ2n) is 2.92. The fourth-order valence-electron chi connectivity index (χ4n) is 1.41. The van der Waals surface area contributed by atoms with Gasteiger partial charge in [0.2, 0.25) is 0 Å². The van der Waals surface area contributed by atoms with Crippen LogP contribution in [0.2, 0.25) is 0 Å². The molecule has 3 nitrogen and oxygen atoms in total. The first kappa shape index (κ1) is 7.73. The Morgan fingerprint density at radius 3 is 3.00 bits per heavy atom. The number of hydrogen-bond acceptors (Lipinski definition) is 3. The van der Waals surface area contributed by atoms with Crippen LogP contribution in [0.5, 0.6) is 0 Å². The molecule has 2 unspecified atom stereocenters. The van der Waals surface area contributed by atoms with Crippen LogP contribution < -0.4 is 5.73 Å². The molecule has 0 radical (unpaired) electrons. The molecule has 0 fully saturated rings. The van der Waals surface area contributed by atoms with E-state index in [0.717, 1.165) is 11.1 Å². The lowest BCUT2D eigenvalue weighted by Gasteiger charge is -2.27. The highest BCUT2D eigenvalue weighted by atomic mass is 16.5. The maximum absolute atomic E-state index is 9.58. The summed E-state index contributed by atoms with van der Waals surface area (Å²) in [5.74, 6) is 0. The van der Waals surface area contributed by atoms with Crippen LogP contribution >= 0.6 is 0 Å². The highest BCUT2D eigenvalue weighted by Gasteiger charge is 2.24. The fourth-order valence-corrected chi connectivity index (χ4v) is 1.41. The van der Waals surface area contributed by atoms with E-state index in [0.29, 0.717) is 6.61 Å². The van der Waals surface area contributed by atoms with Crippen molar-refractivity contribution in [2.45, 2.75) is 18.9 Å². The van der Waals surface area contributed by atoms with Crippen LogP contribution in [-0.2, 0) is 11.3 Å². The van der Waals surface area contributed by atoms with Crippen LogP contribution in [0.4, 0.5) is 0 Å². The van der Waals surface area contributed by atoms with Crippen LogP contribution in [0.1, 0.15) is 17.2 Å². The van der Waals surface area contributed by atoms with Crippen LogP contribution in [0.3, 0.4) is 0 Å². The van der Waals surface area contributed by atoms with Gasteiger partial charge in [0.05, 0.1) is 6.61 Å². The van der Waals surface area contributed by atoms with Crippen LogP contribution in [0, 0.1) is 0 Å². The first-order valence-corrected chi connectivity index (χ1v) is 3.92. The number of aliphatic hydroxyl groups is 1. The van der Waals surface area contributed by atoms with E-state index in [9.17, 15) is 5.11 Å². The Hall–Kier alpha value is -0.900. The van der Waals surface area contributed by atoms with Crippen molar-refractivity contribution in [2.24, 2.45) is 5.73 Å². The molecule has 1 aromatic carbocycles. The zero-order chi connectivity index (χ0) is 8.55. The molecule has 12 heavy (non-hydrogen) atoms. The summed E-state index contributed by atoms with van der Waals surface area (Å²) >= 11 is 0. The predicted molar refractivity (Wildman–Crippen MR) is 44.2 cm³/mol. The lowest BCUT2D eigenvalue weighted by Crippen LogP contribution is -2.35. The van der Waals surface area contributed by atoms with Crippen LogP contribution in [0.15, 0.2) is 24.3 Å². The Morgan fingerprint density at radius 1 is 1.42 bits per heavy atom. The SMILES string of the molecule is NC1OCc2ccccc2C1O. The molecule has 1 heterocycles. The molecule has 0 amide bonds. The summed E-state index contributed by atoms with van der Waals surface area (Å²) in [7, 11) is 0. The smallest absolute Gasteiger partial charge is 0.136 e. The first-order chi connectivity index (χ1) is 5.79. The van der Waals surface area contributed by atoms with Crippen LogP contribution in [-0.4, -0.2) is 11.3 Å². The van der Waals surface area contributed by atoms with Gasteiger partial charge in [-0.2, -0.15) is 0 Å². The highest BCUT2D eigenvalue weighted by Crippen LogP contribution is 2.26. The molecule has 0 bridgehead atoms. The van der Waals surface area contributed by atoms with E-state index in [1.54, 1.807) is 0 Å². The molecule has 1 aliphatic rings. The summed E-state index contributed by atoms with van der Waals surface area (Å²) in [5.41, 5.74) is 7.43. The molecular formula is C9H11NO2. The lowest BCUT2D eigenvalue weighted by molar-refractivity contribution is -0.0593. The fraction of sp³-hybridized carbons (Fsp3) is 0.333. The lowest BCUT2D eigenvalue weighted by atomic mass is 10.00. The van der Waals surface area contributed by atoms with E-state index >= 15 is 0 Å². The Balaban J connectivity index is 2.42. The van der Waals surface area contributed by atoms with Crippen molar-refractivity contribution in [2.75, 3.05) is 0 Å². The van der Waals surface area contributed by atoms with E-state index < -0.39 is 12.3 Å². The third-order valence-corrected chi connectivity index (χ3v) is 2.12. The summed E-state index contributed by atoms with van der Waals surface area (Å²) in [6.07, 6.45) is -1.27. The van der Waals surface area contributed by atoms with Crippen molar-refractivity contribution >= 4 is 0 Å². The van der Waals surface area contributed by atoms with Gasteiger partial charge in [-0.1, -0.05) is 24.3 Å². The molecular weight excluding hydrogens is 154 g/mol. The molecule has 3 heteroatoms. The standard InChI is InChI=1S/C9H11NO2/c10-9-8(11)7-4-2-1-3-6(7)5-12-9/h1-4,8-9,11H,5,10H2. The zero-order valence-corrected chi connectivity index (χ0v) is 6.60. The van der Waals surface area contributed by atoms with Gasteiger partial charge in [0.15, 0.2) is 0 Å². The van der Waals surface area contributed by atoms with E-state index in [1.165, 1.54) is 0 Å². The Labute approximate surface area is 70.8 Å². The average Bonchev–Trinajstić information content (AvgIpc) is 2.12. The van der Waals surface area contributed by atoms with Crippen LogP contribution in [0.25, 0.3) is 0 Å². The maximum atomic E-state index is 9.58. The average molecular weight is 165 g/mol. The second kappa shape index (κ2) is 2.86. The van der Waals surface area contributed by atoms with Gasteiger partial charge in [0.25, 0.3) is 0 Å². The molecule has 2 atom stereocenters. The molecule has 64 valence electrons. The molecule has 1 aromatic rings. The van der Waals surface area contributed by atoms with Crippen molar-refractivity contribution in [1.82, 2.24) is 0 Å². The minimum Gasteiger partial charge on any atom is -0.384 e. The second-order valence-corrected chi connectivity index (χ2v) is 2.92. The van der Waals surface area contributed by atoms with Gasteiger partial charge < -0.3 is 15.6 Å². The Kier molecular flexibility index (Phi) is 1.84. The Bertz CT molecular complexity index is 288. The summed E-state index contributed by atoms with van der Waals surface area (Å²) in [6.45, 7) is 0.494. The third-order valence-electron chi connectivity index (χ3n) is 2.12. The van der Waals surface area contributed by atoms with Crippen molar-refractivity contribution in [3.8, 4) is 0 Å². The monoisotopic (exact) mass is 165 g/mol. The largest absolute Gasteiger partial charge is 0.384 e. The predicted octanol–water partition coefficient (Wildman–Crippen LogP) is 0.535. The van der Waals surface area contributed by atoms with Gasteiger partial charge in [-0.15, -0.1) is 0 Å². The van der Waals surface area contributed by atoms with Crippen molar-refractivity contribution in [3.63, 3.8) is 0 Å². The zero-order valence-electron chi connectivity index (χ0n) is 6.60.